The minimum Gasteiger partial charge on any atom is -0.493 e. The molecule has 0 fully saturated rings. The largest absolute Gasteiger partial charge is 0.493 e. The molecule has 0 aliphatic rings. The number of benzene rings is 2. The Labute approximate surface area is 137 Å². The number of aryl methyl sites for hydroxylation is 1. The highest BCUT2D eigenvalue weighted by Gasteiger charge is 2.16. The zero-order valence-electron chi connectivity index (χ0n) is 14.1. The molecule has 2 aromatic rings. The monoisotopic (exact) mass is 313 g/mol. The molecule has 1 unspecified atom stereocenters. The molecule has 0 aliphatic heterocycles. The molecule has 0 bridgehead atoms. The summed E-state index contributed by atoms with van der Waals surface area (Å²) in [6, 6.07) is 13.4. The lowest BCUT2D eigenvalue weighted by molar-refractivity contribution is 0.0935. The van der Waals surface area contributed by atoms with Crippen LogP contribution < -0.4 is 14.8 Å². The molecule has 4 nitrogen and oxygen atoms in total. The fraction of sp³-hybridized carbons (Fsp3) is 0.316. The third-order valence-corrected chi connectivity index (χ3v) is 3.84. The van der Waals surface area contributed by atoms with Gasteiger partial charge in [-0.2, -0.15) is 0 Å². The highest BCUT2D eigenvalue weighted by atomic mass is 16.5. The average Bonchev–Trinajstić information content (AvgIpc) is 2.59. The number of rotatable bonds is 6. The summed E-state index contributed by atoms with van der Waals surface area (Å²) in [6.07, 6.45) is 0.822. The van der Waals surface area contributed by atoms with Gasteiger partial charge in [-0.05, 0) is 37.1 Å². The van der Waals surface area contributed by atoms with E-state index in [4.69, 9.17) is 9.47 Å². The van der Waals surface area contributed by atoms with Gasteiger partial charge >= 0.3 is 0 Å². The number of carbonyl (C=O) groups is 1. The molecule has 0 spiro atoms. The van der Waals surface area contributed by atoms with Crippen LogP contribution in [0.1, 0.15) is 40.9 Å². The van der Waals surface area contributed by atoms with Gasteiger partial charge in [0.1, 0.15) is 0 Å². The minimum absolute atomic E-state index is 0.0174. The topological polar surface area (TPSA) is 47.6 Å². The van der Waals surface area contributed by atoms with E-state index >= 15 is 0 Å². The Hall–Kier alpha value is -2.49. The Morgan fingerprint density at radius 2 is 1.70 bits per heavy atom. The number of amides is 1. The van der Waals surface area contributed by atoms with Crippen LogP contribution in [0.4, 0.5) is 0 Å². The van der Waals surface area contributed by atoms with Crippen molar-refractivity contribution in [2.24, 2.45) is 0 Å². The van der Waals surface area contributed by atoms with Crippen molar-refractivity contribution in [3.63, 3.8) is 0 Å². The first-order valence-electron chi connectivity index (χ1n) is 7.68. The maximum Gasteiger partial charge on any atom is 0.251 e. The van der Waals surface area contributed by atoms with Crippen molar-refractivity contribution in [2.45, 2.75) is 26.3 Å². The number of methoxy groups -OCH3 is 2. The molecule has 2 aromatic carbocycles. The van der Waals surface area contributed by atoms with Gasteiger partial charge in [-0.15, -0.1) is 0 Å². The van der Waals surface area contributed by atoms with Gasteiger partial charge in [-0.25, -0.2) is 0 Å². The molecule has 0 aromatic heterocycles. The van der Waals surface area contributed by atoms with Gasteiger partial charge in [0.25, 0.3) is 5.91 Å². The molecule has 0 radical (unpaired) electrons. The molecule has 1 atom stereocenters. The van der Waals surface area contributed by atoms with Crippen LogP contribution in [0.15, 0.2) is 42.5 Å². The van der Waals surface area contributed by atoms with E-state index in [1.807, 2.05) is 6.92 Å². The van der Waals surface area contributed by atoms with Crippen LogP contribution in [0.25, 0.3) is 0 Å². The second-order valence-electron chi connectivity index (χ2n) is 5.41. The first-order chi connectivity index (χ1) is 11.1. The van der Waals surface area contributed by atoms with Crippen molar-refractivity contribution in [3.05, 3.63) is 59.2 Å². The standard InChI is InChI=1S/C19H23NO3/c1-5-16(14-8-6-13(2)7-9-14)20-19(21)15-10-11-17(22-3)18(12-15)23-4/h6-12,16H,5H2,1-4H3,(H,20,21). The molecule has 0 saturated heterocycles. The van der Waals surface area contributed by atoms with E-state index in [1.54, 1.807) is 32.4 Å². The molecule has 0 saturated carbocycles. The van der Waals surface area contributed by atoms with E-state index in [9.17, 15) is 4.79 Å². The quantitative estimate of drug-likeness (QED) is 0.880. The van der Waals surface area contributed by atoms with Gasteiger partial charge in [0.2, 0.25) is 0 Å². The summed E-state index contributed by atoms with van der Waals surface area (Å²) in [5.41, 5.74) is 2.86. The molecule has 23 heavy (non-hydrogen) atoms. The Balaban J connectivity index is 2.18. The van der Waals surface area contributed by atoms with Gasteiger partial charge in [-0.3, -0.25) is 4.79 Å². The summed E-state index contributed by atoms with van der Waals surface area (Å²) in [6.45, 7) is 4.10. The smallest absolute Gasteiger partial charge is 0.251 e. The predicted molar refractivity (Wildman–Crippen MR) is 91.2 cm³/mol. The lowest BCUT2D eigenvalue weighted by Crippen LogP contribution is -2.28. The van der Waals surface area contributed by atoms with E-state index in [0.717, 1.165) is 12.0 Å². The van der Waals surface area contributed by atoms with Gasteiger partial charge < -0.3 is 14.8 Å². The fourth-order valence-electron chi connectivity index (χ4n) is 2.44. The normalized spacial score (nSPS) is 11.7. The first-order valence-corrected chi connectivity index (χ1v) is 7.68. The Morgan fingerprint density at radius 1 is 1.04 bits per heavy atom. The molecule has 122 valence electrons. The Kier molecular flexibility index (Phi) is 5.63. The van der Waals surface area contributed by atoms with Gasteiger partial charge in [0, 0.05) is 5.56 Å². The third-order valence-electron chi connectivity index (χ3n) is 3.84. The molecular formula is C19H23NO3. The van der Waals surface area contributed by atoms with Gasteiger partial charge in [0.05, 0.1) is 20.3 Å². The summed E-state index contributed by atoms with van der Waals surface area (Å²) in [5, 5.41) is 3.07. The summed E-state index contributed by atoms with van der Waals surface area (Å²) in [7, 11) is 3.13. The highest BCUT2D eigenvalue weighted by molar-refractivity contribution is 5.95. The van der Waals surface area contributed by atoms with Crippen LogP contribution >= 0.6 is 0 Å². The van der Waals surface area contributed by atoms with E-state index in [2.05, 4.69) is 36.5 Å². The summed E-state index contributed by atoms with van der Waals surface area (Å²) in [4.78, 5) is 12.5. The van der Waals surface area contributed by atoms with Crippen molar-refractivity contribution in [3.8, 4) is 11.5 Å². The van der Waals surface area contributed by atoms with E-state index in [1.165, 1.54) is 5.56 Å². The maximum absolute atomic E-state index is 12.5. The van der Waals surface area contributed by atoms with E-state index in [-0.39, 0.29) is 11.9 Å². The van der Waals surface area contributed by atoms with Gasteiger partial charge in [-0.1, -0.05) is 36.8 Å². The number of hydrogen-bond acceptors (Lipinski definition) is 3. The third kappa shape index (κ3) is 4.03. The molecule has 2 rings (SSSR count). The molecule has 4 heteroatoms. The van der Waals surface area contributed by atoms with Gasteiger partial charge in [0.15, 0.2) is 11.5 Å². The number of hydrogen-bond donors (Lipinski definition) is 1. The zero-order chi connectivity index (χ0) is 16.8. The lowest BCUT2D eigenvalue weighted by atomic mass is 10.0. The number of nitrogens with one attached hydrogen (secondary N) is 1. The van der Waals surface area contributed by atoms with Crippen molar-refractivity contribution >= 4 is 5.91 Å². The summed E-state index contributed by atoms with van der Waals surface area (Å²) in [5.74, 6) is 1.02. The van der Waals surface area contributed by atoms with Crippen LogP contribution in [0.2, 0.25) is 0 Å². The average molecular weight is 313 g/mol. The molecular weight excluding hydrogens is 290 g/mol. The van der Waals surface area contributed by atoms with Crippen LogP contribution in [-0.2, 0) is 0 Å². The number of ether oxygens (including phenoxy) is 2. The van der Waals surface area contributed by atoms with Crippen molar-refractivity contribution in [1.29, 1.82) is 0 Å². The SMILES string of the molecule is CCC(NC(=O)c1ccc(OC)c(OC)c1)c1ccc(C)cc1. The Bertz CT molecular complexity index is 665. The van der Waals surface area contributed by atoms with E-state index in [0.29, 0.717) is 17.1 Å². The van der Waals surface area contributed by atoms with Crippen LogP contribution in [0.3, 0.4) is 0 Å². The molecule has 1 N–H and O–H groups in total. The predicted octanol–water partition coefficient (Wildman–Crippen LogP) is 3.89. The van der Waals surface area contributed by atoms with Crippen LogP contribution in [0.5, 0.6) is 11.5 Å². The second kappa shape index (κ2) is 7.68. The first kappa shape index (κ1) is 16.9. The molecule has 0 aliphatic carbocycles. The van der Waals surface area contributed by atoms with Crippen LogP contribution in [-0.4, -0.2) is 20.1 Å². The van der Waals surface area contributed by atoms with Crippen molar-refractivity contribution in [2.75, 3.05) is 14.2 Å². The van der Waals surface area contributed by atoms with Crippen molar-refractivity contribution in [1.82, 2.24) is 5.32 Å². The molecule has 0 heterocycles. The number of carbonyl (C=O) groups excluding carboxylic acids is 1. The summed E-state index contributed by atoms with van der Waals surface area (Å²) >= 11 is 0. The highest BCUT2D eigenvalue weighted by Crippen LogP contribution is 2.28. The fourth-order valence-corrected chi connectivity index (χ4v) is 2.44. The molecule has 1 amide bonds. The van der Waals surface area contributed by atoms with E-state index < -0.39 is 0 Å². The lowest BCUT2D eigenvalue weighted by Gasteiger charge is -2.18. The van der Waals surface area contributed by atoms with Crippen molar-refractivity contribution < 1.29 is 14.3 Å². The Morgan fingerprint density at radius 3 is 2.26 bits per heavy atom. The minimum atomic E-state index is -0.127. The van der Waals surface area contributed by atoms with Crippen LogP contribution in [0, 0.1) is 6.92 Å². The zero-order valence-corrected chi connectivity index (χ0v) is 14.1. The summed E-state index contributed by atoms with van der Waals surface area (Å²) < 4.78 is 10.4. The second-order valence-corrected chi connectivity index (χ2v) is 5.41. The maximum atomic E-state index is 12.5.